The molecule has 0 unspecified atom stereocenters. The van der Waals surface area contributed by atoms with Crippen LogP contribution in [0.3, 0.4) is 0 Å². The van der Waals surface area contributed by atoms with Gasteiger partial charge in [0, 0.05) is 6.54 Å². The summed E-state index contributed by atoms with van der Waals surface area (Å²) in [5, 5.41) is 9.94. The number of carbonyl (C=O) groups excluding carboxylic acids is 1. The van der Waals surface area contributed by atoms with Gasteiger partial charge in [-0.2, -0.15) is 0 Å². The fourth-order valence-electron chi connectivity index (χ4n) is 2.77. The Balaban J connectivity index is 2.30. The summed E-state index contributed by atoms with van der Waals surface area (Å²) >= 11 is 0. The van der Waals surface area contributed by atoms with Gasteiger partial charge >= 0.3 is 6.09 Å². The van der Waals surface area contributed by atoms with Crippen molar-refractivity contribution in [3.05, 3.63) is 35.9 Å². The van der Waals surface area contributed by atoms with Crippen molar-refractivity contribution in [3.8, 4) is 0 Å². The normalized spacial score (nSPS) is 22.9. The number of rotatable bonds is 2. The Bertz CT molecular complexity index is 466. The van der Waals surface area contributed by atoms with Crippen molar-refractivity contribution >= 4 is 6.09 Å². The standard InChI is InChI=1S/C16H23NO3/c1-15(2,3)20-14(19)17-11-7-10-16(17,12-18)13-8-5-4-6-9-13/h4-6,8-9,18H,7,10-12H2,1-3H3/t16-/m0/s1. The van der Waals surface area contributed by atoms with E-state index in [1.165, 1.54) is 0 Å². The number of ether oxygens (including phenoxy) is 1. The van der Waals surface area contributed by atoms with E-state index in [-0.39, 0.29) is 12.7 Å². The van der Waals surface area contributed by atoms with E-state index in [9.17, 15) is 9.90 Å². The van der Waals surface area contributed by atoms with Crippen LogP contribution >= 0.6 is 0 Å². The van der Waals surface area contributed by atoms with E-state index in [2.05, 4.69) is 0 Å². The van der Waals surface area contributed by atoms with Crippen molar-refractivity contribution in [2.24, 2.45) is 0 Å². The summed E-state index contributed by atoms with van der Waals surface area (Å²) in [6.07, 6.45) is 1.27. The molecule has 0 aliphatic carbocycles. The largest absolute Gasteiger partial charge is 0.444 e. The summed E-state index contributed by atoms with van der Waals surface area (Å²) in [5.74, 6) is 0. The number of likely N-dealkylation sites (tertiary alicyclic amines) is 1. The maximum absolute atomic E-state index is 12.4. The number of hydrogen-bond acceptors (Lipinski definition) is 3. The molecule has 1 aliphatic heterocycles. The maximum atomic E-state index is 12.4. The number of hydrogen-bond donors (Lipinski definition) is 1. The summed E-state index contributed by atoms with van der Waals surface area (Å²) in [6.45, 7) is 6.08. The molecule has 0 saturated carbocycles. The van der Waals surface area contributed by atoms with Gasteiger partial charge in [-0.1, -0.05) is 30.3 Å². The van der Waals surface area contributed by atoms with E-state index in [0.29, 0.717) is 6.54 Å². The Morgan fingerprint density at radius 3 is 2.55 bits per heavy atom. The van der Waals surface area contributed by atoms with Crippen LogP contribution in [0.4, 0.5) is 4.79 Å². The van der Waals surface area contributed by atoms with Crippen molar-refractivity contribution in [1.82, 2.24) is 4.90 Å². The molecule has 1 heterocycles. The van der Waals surface area contributed by atoms with Gasteiger partial charge in [0.1, 0.15) is 5.60 Å². The third kappa shape index (κ3) is 2.80. The lowest BCUT2D eigenvalue weighted by molar-refractivity contribution is -0.00610. The van der Waals surface area contributed by atoms with Crippen LogP contribution in [0.25, 0.3) is 0 Å². The van der Waals surface area contributed by atoms with Crippen LogP contribution in [0.5, 0.6) is 0 Å². The lowest BCUT2D eigenvalue weighted by atomic mass is 9.88. The second kappa shape index (κ2) is 5.44. The quantitative estimate of drug-likeness (QED) is 0.904. The Morgan fingerprint density at radius 1 is 1.35 bits per heavy atom. The van der Waals surface area contributed by atoms with Crippen molar-refractivity contribution in [2.75, 3.05) is 13.2 Å². The molecular formula is C16H23NO3. The summed E-state index contributed by atoms with van der Waals surface area (Å²) in [5.41, 5.74) is -0.216. The predicted octanol–water partition coefficient (Wildman–Crippen LogP) is 2.91. The average molecular weight is 277 g/mol. The van der Waals surface area contributed by atoms with Crippen LogP contribution in [0.15, 0.2) is 30.3 Å². The summed E-state index contributed by atoms with van der Waals surface area (Å²) < 4.78 is 5.48. The molecule has 1 aliphatic rings. The predicted molar refractivity (Wildman–Crippen MR) is 77.4 cm³/mol. The monoisotopic (exact) mass is 277 g/mol. The van der Waals surface area contributed by atoms with E-state index in [0.717, 1.165) is 18.4 Å². The topological polar surface area (TPSA) is 49.8 Å². The first-order chi connectivity index (χ1) is 9.39. The van der Waals surface area contributed by atoms with Crippen LogP contribution < -0.4 is 0 Å². The highest BCUT2D eigenvalue weighted by Gasteiger charge is 2.46. The third-order valence-corrected chi connectivity index (χ3v) is 3.68. The molecule has 1 N–H and O–H groups in total. The van der Waals surface area contributed by atoms with Crippen LogP contribution in [0.2, 0.25) is 0 Å². The number of carbonyl (C=O) groups is 1. The van der Waals surface area contributed by atoms with Crippen LogP contribution in [-0.4, -0.2) is 34.9 Å². The molecule has 2 rings (SSSR count). The maximum Gasteiger partial charge on any atom is 0.411 e. The van der Waals surface area contributed by atoms with E-state index in [1.807, 2.05) is 51.1 Å². The minimum absolute atomic E-state index is 0.0870. The molecule has 1 saturated heterocycles. The number of aliphatic hydroxyl groups is 1. The van der Waals surface area contributed by atoms with Crippen molar-refractivity contribution < 1.29 is 14.6 Å². The van der Waals surface area contributed by atoms with Gasteiger partial charge in [0.15, 0.2) is 0 Å². The van der Waals surface area contributed by atoms with Gasteiger partial charge in [0.25, 0.3) is 0 Å². The molecule has 1 amide bonds. The van der Waals surface area contributed by atoms with Gasteiger partial charge in [0.2, 0.25) is 0 Å². The minimum atomic E-state index is -0.649. The highest BCUT2D eigenvalue weighted by Crippen LogP contribution is 2.39. The molecule has 1 aromatic carbocycles. The fourth-order valence-corrected chi connectivity index (χ4v) is 2.77. The zero-order valence-electron chi connectivity index (χ0n) is 12.4. The molecule has 4 nitrogen and oxygen atoms in total. The molecule has 110 valence electrons. The number of aliphatic hydroxyl groups excluding tert-OH is 1. The molecule has 0 spiro atoms. The highest BCUT2D eigenvalue weighted by atomic mass is 16.6. The van der Waals surface area contributed by atoms with E-state index in [1.54, 1.807) is 4.90 Å². The van der Waals surface area contributed by atoms with Gasteiger partial charge in [0.05, 0.1) is 12.1 Å². The Hall–Kier alpha value is -1.55. The van der Waals surface area contributed by atoms with Gasteiger partial charge in [-0.05, 0) is 39.2 Å². The van der Waals surface area contributed by atoms with Crippen LogP contribution in [-0.2, 0) is 10.3 Å². The molecule has 4 heteroatoms. The molecule has 0 radical (unpaired) electrons. The lowest BCUT2D eigenvalue weighted by Crippen LogP contribution is -2.49. The van der Waals surface area contributed by atoms with Crippen LogP contribution in [0, 0.1) is 0 Å². The van der Waals surface area contributed by atoms with E-state index in [4.69, 9.17) is 4.74 Å². The molecule has 20 heavy (non-hydrogen) atoms. The van der Waals surface area contributed by atoms with Gasteiger partial charge in [-0.25, -0.2) is 4.79 Å². The molecule has 1 aromatic rings. The fraction of sp³-hybridized carbons (Fsp3) is 0.562. The van der Waals surface area contributed by atoms with E-state index < -0.39 is 11.1 Å². The summed E-state index contributed by atoms with van der Waals surface area (Å²) in [7, 11) is 0. The first kappa shape index (κ1) is 14.9. The molecule has 0 aromatic heterocycles. The summed E-state index contributed by atoms with van der Waals surface area (Å²) in [6, 6.07) is 9.70. The van der Waals surface area contributed by atoms with Crippen molar-refractivity contribution in [2.45, 2.75) is 44.8 Å². The van der Waals surface area contributed by atoms with Crippen molar-refractivity contribution in [3.63, 3.8) is 0 Å². The molecular weight excluding hydrogens is 254 g/mol. The highest BCUT2D eigenvalue weighted by molar-refractivity contribution is 5.70. The minimum Gasteiger partial charge on any atom is -0.444 e. The number of nitrogens with zero attached hydrogens (tertiary/aromatic N) is 1. The van der Waals surface area contributed by atoms with Gasteiger partial charge in [-0.15, -0.1) is 0 Å². The third-order valence-electron chi connectivity index (χ3n) is 3.68. The Kier molecular flexibility index (Phi) is 4.04. The smallest absolute Gasteiger partial charge is 0.411 e. The molecule has 1 fully saturated rings. The number of benzene rings is 1. The van der Waals surface area contributed by atoms with Gasteiger partial charge < -0.3 is 9.84 Å². The first-order valence-corrected chi connectivity index (χ1v) is 7.06. The first-order valence-electron chi connectivity index (χ1n) is 7.06. The second-order valence-corrected chi connectivity index (χ2v) is 6.29. The lowest BCUT2D eigenvalue weighted by Gasteiger charge is -2.38. The van der Waals surface area contributed by atoms with Gasteiger partial charge in [-0.3, -0.25) is 4.90 Å². The van der Waals surface area contributed by atoms with Crippen molar-refractivity contribution in [1.29, 1.82) is 0 Å². The van der Waals surface area contributed by atoms with Crippen LogP contribution in [0.1, 0.15) is 39.2 Å². The van der Waals surface area contributed by atoms with E-state index >= 15 is 0 Å². The zero-order valence-corrected chi connectivity index (χ0v) is 12.4. The number of amides is 1. The Morgan fingerprint density at radius 2 is 2.00 bits per heavy atom. The molecule has 1 atom stereocenters. The Labute approximate surface area is 120 Å². The SMILES string of the molecule is CC(C)(C)OC(=O)N1CCC[C@]1(CO)c1ccccc1. The molecule has 0 bridgehead atoms. The zero-order chi connectivity index (χ0) is 14.8. The average Bonchev–Trinajstić information content (AvgIpc) is 2.83. The second-order valence-electron chi connectivity index (χ2n) is 6.29. The summed E-state index contributed by atoms with van der Waals surface area (Å²) in [4.78, 5) is 14.1.